The van der Waals surface area contributed by atoms with E-state index < -0.39 is 0 Å². The molecule has 2 N–H and O–H groups in total. The zero-order chi connectivity index (χ0) is 17.0. The molecule has 6 heteroatoms. The molecule has 0 heterocycles. The van der Waals surface area contributed by atoms with Gasteiger partial charge in [-0.15, -0.1) is 24.0 Å². The third-order valence-electron chi connectivity index (χ3n) is 4.06. The molecule has 5 nitrogen and oxygen atoms in total. The van der Waals surface area contributed by atoms with E-state index in [4.69, 9.17) is 14.5 Å². The van der Waals surface area contributed by atoms with Crippen LogP contribution in [0.4, 0.5) is 0 Å². The fraction of sp³-hybridized carbons (Fsp3) is 0.944. The van der Waals surface area contributed by atoms with Crippen molar-refractivity contribution >= 4 is 29.9 Å². The van der Waals surface area contributed by atoms with Crippen molar-refractivity contribution < 1.29 is 9.47 Å². The van der Waals surface area contributed by atoms with Gasteiger partial charge in [0.1, 0.15) is 0 Å². The molecule has 0 aromatic heterocycles. The van der Waals surface area contributed by atoms with Crippen LogP contribution >= 0.6 is 24.0 Å². The molecule has 1 aliphatic carbocycles. The number of rotatable bonds is 13. The van der Waals surface area contributed by atoms with Crippen molar-refractivity contribution in [2.24, 2.45) is 16.3 Å². The summed E-state index contributed by atoms with van der Waals surface area (Å²) in [5.74, 6) is 1.53. The molecule has 0 aromatic carbocycles. The standard InChI is InChI=1S/C18H37N3O2.HI/c1-5-19-17(20-11-7-12-23-14-16(3)4)21-15-18(8-9-18)10-13-22-6-2;/h16H,5-15H2,1-4H3,(H2,19,20,21);1H. The first-order valence-electron chi connectivity index (χ1n) is 9.29. The van der Waals surface area contributed by atoms with Crippen LogP contribution in [0, 0.1) is 11.3 Å². The van der Waals surface area contributed by atoms with E-state index in [1.165, 1.54) is 12.8 Å². The first-order valence-corrected chi connectivity index (χ1v) is 9.29. The predicted octanol–water partition coefficient (Wildman–Crippen LogP) is 3.43. The lowest BCUT2D eigenvalue weighted by atomic mass is 10.0. The molecule has 0 bridgehead atoms. The van der Waals surface area contributed by atoms with Crippen molar-refractivity contribution in [1.82, 2.24) is 10.6 Å². The quantitative estimate of drug-likeness (QED) is 0.193. The molecule has 0 saturated heterocycles. The molecule has 1 fully saturated rings. The first-order chi connectivity index (χ1) is 11.1. The van der Waals surface area contributed by atoms with Crippen LogP contribution in [0.1, 0.15) is 53.4 Å². The molecule has 0 unspecified atom stereocenters. The summed E-state index contributed by atoms with van der Waals surface area (Å²) in [5, 5.41) is 6.73. The van der Waals surface area contributed by atoms with E-state index in [9.17, 15) is 0 Å². The third-order valence-corrected chi connectivity index (χ3v) is 4.06. The Hall–Kier alpha value is -0.0800. The molecule has 0 aliphatic heterocycles. The van der Waals surface area contributed by atoms with Gasteiger partial charge >= 0.3 is 0 Å². The molecular weight excluding hydrogens is 417 g/mol. The first kappa shape index (κ1) is 23.9. The fourth-order valence-corrected chi connectivity index (χ4v) is 2.39. The van der Waals surface area contributed by atoms with Gasteiger partial charge in [-0.1, -0.05) is 13.8 Å². The average molecular weight is 455 g/mol. The molecule has 0 radical (unpaired) electrons. The van der Waals surface area contributed by atoms with Crippen LogP contribution in [-0.4, -0.2) is 52.0 Å². The third kappa shape index (κ3) is 11.5. The number of nitrogens with one attached hydrogen (secondary N) is 2. The summed E-state index contributed by atoms with van der Waals surface area (Å²) in [6.07, 6.45) is 4.71. The topological polar surface area (TPSA) is 54.9 Å². The number of aliphatic imine (C=N–C) groups is 1. The summed E-state index contributed by atoms with van der Waals surface area (Å²) < 4.78 is 11.1. The lowest BCUT2D eigenvalue weighted by Crippen LogP contribution is -2.38. The Kier molecular flexibility index (Phi) is 14.1. The maximum atomic E-state index is 5.60. The minimum Gasteiger partial charge on any atom is -0.382 e. The normalized spacial score (nSPS) is 16.0. The van der Waals surface area contributed by atoms with Gasteiger partial charge < -0.3 is 20.1 Å². The maximum absolute atomic E-state index is 5.60. The van der Waals surface area contributed by atoms with Crippen LogP contribution < -0.4 is 10.6 Å². The summed E-state index contributed by atoms with van der Waals surface area (Å²) in [7, 11) is 0. The van der Waals surface area contributed by atoms with Gasteiger partial charge in [0.15, 0.2) is 5.96 Å². The van der Waals surface area contributed by atoms with Gasteiger partial charge in [0.25, 0.3) is 0 Å². The summed E-state index contributed by atoms with van der Waals surface area (Å²) in [4.78, 5) is 4.77. The highest BCUT2D eigenvalue weighted by molar-refractivity contribution is 14.0. The second-order valence-electron chi connectivity index (χ2n) is 6.89. The monoisotopic (exact) mass is 455 g/mol. The van der Waals surface area contributed by atoms with E-state index in [0.29, 0.717) is 11.3 Å². The molecule has 0 atom stereocenters. The molecule has 24 heavy (non-hydrogen) atoms. The molecule has 144 valence electrons. The van der Waals surface area contributed by atoms with Crippen LogP contribution in [0.25, 0.3) is 0 Å². The minimum absolute atomic E-state index is 0. The molecule has 1 rings (SSSR count). The predicted molar refractivity (Wildman–Crippen MR) is 112 cm³/mol. The Morgan fingerprint density at radius 2 is 1.88 bits per heavy atom. The molecule has 0 spiro atoms. The van der Waals surface area contributed by atoms with Gasteiger partial charge in [0.05, 0.1) is 0 Å². The Morgan fingerprint density at radius 1 is 1.12 bits per heavy atom. The van der Waals surface area contributed by atoms with Crippen molar-refractivity contribution in [3.63, 3.8) is 0 Å². The van der Waals surface area contributed by atoms with Crippen LogP contribution in [0.3, 0.4) is 0 Å². The van der Waals surface area contributed by atoms with Crippen LogP contribution in [0.2, 0.25) is 0 Å². The summed E-state index contributed by atoms with van der Waals surface area (Å²) in [6.45, 7) is 14.5. The van der Waals surface area contributed by atoms with Crippen molar-refractivity contribution in [2.45, 2.75) is 53.4 Å². The van der Waals surface area contributed by atoms with Crippen molar-refractivity contribution in [3.05, 3.63) is 0 Å². The Balaban J connectivity index is 0.00000529. The van der Waals surface area contributed by atoms with Gasteiger partial charge in [0, 0.05) is 46.1 Å². The molecule has 0 aromatic rings. The number of hydrogen-bond donors (Lipinski definition) is 2. The number of ether oxygens (including phenoxy) is 2. The molecule has 1 aliphatic rings. The van der Waals surface area contributed by atoms with E-state index in [2.05, 4.69) is 38.3 Å². The second kappa shape index (κ2) is 14.1. The van der Waals surface area contributed by atoms with Gasteiger partial charge in [-0.05, 0) is 50.9 Å². The number of halogens is 1. The van der Waals surface area contributed by atoms with E-state index in [1.807, 2.05) is 0 Å². The number of guanidine groups is 1. The maximum Gasteiger partial charge on any atom is 0.191 e. The highest BCUT2D eigenvalue weighted by Gasteiger charge is 2.41. The Bertz CT molecular complexity index is 334. The largest absolute Gasteiger partial charge is 0.382 e. The van der Waals surface area contributed by atoms with Crippen LogP contribution in [-0.2, 0) is 9.47 Å². The number of hydrogen-bond acceptors (Lipinski definition) is 3. The van der Waals surface area contributed by atoms with Gasteiger partial charge in [-0.25, -0.2) is 0 Å². The lowest BCUT2D eigenvalue weighted by Gasteiger charge is -2.15. The zero-order valence-electron chi connectivity index (χ0n) is 16.0. The van der Waals surface area contributed by atoms with Gasteiger partial charge in [0.2, 0.25) is 0 Å². The lowest BCUT2D eigenvalue weighted by molar-refractivity contribution is 0.108. The van der Waals surface area contributed by atoms with E-state index in [1.54, 1.807) is 0 Å². The van der Waals surface area contributed by atoms with E-state index in [0.717, 1.165) is 64.9 Å². The van der Waals surface area contributed by atoms with Gasteiger partial charge in [-0.2, -0.15) is 0 Å². The van der Waals surface area contributed by atoms with Crippen molar-refractivity contribution in [2.75, 3.05) is 46.1 Å². The SMILES string of the molecule is CCNC(=NCC1(CCOCC)CC1)NCCCOCC(C)C.I. The highest BCUT2D eigenvalue weighted by Crippen LogP contribution is 2.48. The summed E-state index contributed by atoms with van der Waals surface area (Å²) in [5.41, 5.74) is 0.401. The summed E-state index contributed by atoms with van der Waals surface area (Å²) in [6, 6.07) is 0. The number of nitrogens with zero attached hydrogens (tertiary/aromatic N) is 1. The molecule has 1 saturated carbocycles. The molecule has 0 amide bonds. The Morgan fingerprint density at radius 3 is 2.46 bits per heavy atom. The molecular formula is C18H38IN3O2. The van der Waals surface area contributed by atoms with E-state index >= 15 is 0 Å². The van der Waals surface area contributed by atoms with Crippen LogP contribution in [0.15, 0.2) is 4.99 Å². The van der Waals surface area contributed by atoms with Crippen molar-refractivity contribution in [3.8, 4) is 0 Å². The highest BCUT2D eigenvalue weighted by atomic mass is 127. The van der Waals surface area contributed by atoms with Crippen LogP contribution in [0.5, 0.6) is 0 Å². The van der Waals surface area contributed by atoms with E-state index in [-0.39, 0.29) is 24.0 Å². The van der Waals surface area contributed by atoms with Gasteiger partial charge in [-0.3, -0.25) is 4.99 Å². The Labute approximate surface area is 165 Å². The fourth-order valence-electron chi connectivity index (χ4n) is 2.39. The van der Waals surface area contributed by atoms with Crippen molar-refractivity contribution in [1.29, 1.82) is 0 Å². The smallest absolute Gasteiger partial charge is 0.191 e. The average Bonchev–Trinajstić information content (AvgIpc) is 3.28. The zero-order valence-corrected chi connectivity index (χ0v) is 18.4. The minimum atomic E-state index is 0. The second-order valence-corrected chi connectivity index (χ2v) is 6.89. The summed E-state index contributed by atoms with van der Waals surface area (Å²) >= 11 is 0.